The van der Waals surface area contributed by atoms with E-state index in [9.17, 15) is 4.79 Å². The van der Waals surface area contributed by atoms with E-state index >= 15 is 0 Å². The number of hydrogen-bond acceptors (Lipinski definition) is 5. The fourth-order valence-corrected chi connectivity index (χ4v) is 2.01. The highest BCUT2D eigenvalue weighted by molar-refractivity contribution is 5.68. The van der Waals surface area contributed by atoms with Gasteiger partial charge in [0.05, 0.1) is 6.61 Å². The molecule has 0 saturated heterocycles. The van der Waals surface area contributed by atoms with Crippen molar-refractivity contribution in [1.82, 2.24) is 15.2 Å². The Hall–Kier alpha value is -1.66. The molecule has 0 aliphatic carbocycles. The van der Waals surface area contributed by atoms with Crippen LogP contribution in [0.25, 0.3) is 0 Å². The third kappa shape index (κ3) is 7.95. The van der Waals surface area contributed by atoms with E-state index in [-0.39, 0.29) is 12.1 Å². The minimum Gasteiger partial charge on any atom is -0.444 e. The molecule has 0 aliphatic heterocycles. The summed E-state index contributed by atoms with van der Waals surface area (Å²) in [5.74, 6) is 0. The van der Waals surface area contributed by atoms with E-state index in [0.29, 0.717) is 26.2 Å². The first-order chi connectivity index (χ1) is 10.8. The molecule has 130 valence electrons. The number of nitrogens with zero attached hydrogens (tertiary/aromatic N) is 2. The van der Waals surface area contributed by atoms with Crippen LogP contribution >= 0.6 is 0 Å². The first kappa shape index (κ1) is 19.4. The highest BCUT2D eigenvalue weighted by Gasteiger charge is 2.21. The van der Waals surface area contributed by atoms with Crippen molar-refractivity contribution < 1.29 is 14.3 Å². The minimum atomic E-state index is -0.500. The molecule has 1 atom stereocenters. The van der Waals surface area contributed by atoms with Gasteiger partial charge in [0.1, 0.15) is 5.60 Å². The lowest BCUT2D eigenvalue weighted by Gasteiger charge is -2.27. The molecule has 0 radical (unpaired) electrons. The van der Waals surface area contributed by atoms with Gasteiger partial charge in [0.25, 0.3) is 0 Å². The summed E-state index contributed by atoms with van der Waals surface area (Å²) in [5.41, 5.74) is 0.667. The average molecular weight is 323 g/mol. The smallest absolute Gasteiger partial charge is 0.410 e. The predicted octanol–water partition coefficient (Wildman–Crippen LogP) is 2.62. The van der Waals surface area contributed by atoms with Gasteiger partial charge in [-0.1, -0.05) is 0 Å². The topological polar surface area (TPSA) is 63.7 Å². The summed E-state index contributed by atoms with van der Waals surface area (Å²) < 4.78 is 10.5. The molecule has 0 spiro atoms. The Bertz CT molecular complexity index is 460. The summed E-state index contributed by atoms with van der Waals surface area (Å²) in [6.07, 6.45) is 3.24. The molecular weight excluding hydrogens is 294 g/mol. The molecule has 0 aliphatic rings. The number of nitrogens with one attached hydrogen (secondary N) is 1. The zero-order valence-electron chi connectivity index (χ0n) is 14.8. The van der Waals surface area contributed by atoms with E-state index in [4.69, 9.17) is 9.47 Å². The van der Waals surface area contributed by atoms with Crippen LogP contribution in [-0.2, 0) is 9.47 Å². The minimum absolute atomic E-state index is 0.195. The van der Waals surface area contributed by atoms with E-state index in [1.807, 2.05) is 32.9 Å². The molecule has 0 saturated carbocycles. The molecular formula is C17H29N3O3. The van der Waals surface area contributed by atoms with Crippen molar-refractivity contribution in [3.05, 3.63) is 30.1 Å². The van der Waals surface area contributed by atoms with Gasteiger partial charge in [-0.05, 0) is 45.4 Å². The van der Waals surface area contributed by atoms with Crippen molar-refractivity contribution >= 4 is 6.09 Å². The Balaban J connectivity index is 2.49. The molecule has 0 fully saturated rings. The highest BCUT2D eigenvalue weighted by Crippen LogP contribution is 2.11. The monoisotopic (exact) mass is 323 g/mol. The maximum absolute atomic E-state index is 12.2. The van der Waals surface area contributed by atoms with Crippen LogP contribution in [0.1, 0.15) is 39.3 Å². The van der Waals surface area contributed by atoms with Crippen LogP contribution in [-0.4, -0.2) is 54.9 Å². The molecule has 6 nitrogen and oxygen atoms in total. The fourth-order valence-electron chi connectivity index (χ4n) is 2.01. The van der Waals surface area contributed by atoms with Crippen molar-refractivity contribution in [3.8, 4) is 0 Å². The normalized spacial score (nSPS) is 12.7. The largest absolute Gasteiger partial charge is 0.444 e. The number of carbonyl (C=O) groups is 1. The molecule has 1 aromatic heterocycles. The number of ether oxygens (including phenoxy) is 2. The third-order valence-corrected chi connectivity index (χ3v) is 3.26. The second-order valence-corrected chi connectivity index (χ2v) is 6.42. The van der Waals surface area contributed by atoms with Crippen LogP contribution in [0.5, 0.6) is 0 Å². The number of rotatable bonds is 8. The van der Waals surface area contributed by atoms with E-state index in [0.717, 1.165) is 0 Å². The molecule has 1 heterocycles. The summed E-state index contributed by atoms with van der Waals surface area (Å²) in [6.45, 7) is 9.91. The number of hydrogen-bond donors (Lipinski definition) is 1. The van der Waals surface area contributed by atoms with Crippen LogP contribution in [0.15, 0.2) is 24.5 Å². The standard InChI is InChI=1S/C17H29N3O3/c1-14(15-6-8-18-9-7-15)19-10-11-20(12-13-22-5)16(21)23-17(2,3)4/h6-9,14,19H,10-13H2,1-5H3. The van der Waals surface area contributed by atoms with Gasteiger partial charge in [-0.15, -0.1) is 0 Å². The maximum atomic E-state index is 12.2. The van der Waals surface area contributed by atoms with E-state index in [1.54, 1.807) is 24.4 Å². The first-order valence-corrected chi connectivity index (χ1v) is 7.93. The Morgan fingerprint density at radius 1 is 1.30 bits per heavy atom. The zero-order chi connectivity index (χ0) is 17.3. The molecule has 1 N–H and O–H groups in total. The summed E-state index contributed by atoms with van der Waals surface area (Å²) in [4.78, 5) is 17.9. The number of amides is 1. The van der Waals surface area contributed by atoms with Crippen LogP contribution in [0.4, 0.5) is 4.79 Å². The number of methoxy groups -OCH3 is 1. The SMILES string of the molecule is COCCN(CCNC(C)c1ccncc1)C(=O)OC(C)(C)C. The lowest BCUT2D eigenvalue weighted by atomic mass is 10.1. The van der Waals surface area contributed by atoms with Gasteiger partial charge >= 0.3 is 6.09 Å². The Morgan fingerprint density at radius 3 is 2.52 bits per heavy atom. The second-order valence-electron chi connectivity index (χ2n) is 6.42. The summed E-state index contributed by atoms with van der Waals surface area (Å²) in [5, 5.41) is 3.41. The first-order valence-electron chi connectivity index (χ1n) is 7.93. The predicted molar refractivity (Wildman–Crippen MR) is 90.3 cm³/mol. The van der Waals surface area contributed by atoms with Gasteiger partial charge in [-0.25, -0.2) is 4.79 Å². The molecule has 1 rings (SSSR count). The van der Waals surface area contributed by atoms with Crippen molar-refractivity contribution in [2.24, 2.45) is 0 Å². The molecule has 23 heavy (non-hydrogen) atoms. The van der Waals surface area contributed by atoms with Crippen LogP contribution in [0.2, 0.25) is 0 Å². The van der Waals surface area contributed by atoms with Gasteiger partial charge in [0.15, 0.2) is 0 Å². The summed E-state index contributed by atoms with van der Waals surface area (Å²) in [7, 11) is 1.62. The summed E-state index contributed by atoms with van der Waals surface area (Å²) >= 11 is 0. The highest BCUT2D eigenvalue weighted by atomic mass is 16.6. The fraction of sp³-hybridized carbons (Fsp3) is 0.647. The van der Waals surface area contributed by atoms with Crippen LogP contribution in [0, 0.1) is 0 Å². The average Bonchev–Trinajstić information content (AvgIpc) is 2.49. The molecule has 0 bridgehead atoms. The lowest BCUT2D eigenvalue weighted by molar-refractivity contribution is 0.0203. The van der Waals surface area contributed by atoms with Crippen molar-refractivity contribution in [2.75, 3.05) is 33.4 Å². The quantitative estimate of drug-likeness (QED) is 0.797. The number of aromatic nitrogens is 1. The lowest BCUT2D eigenvalue weighted by Crippen LogP contribution is -2.42. The zero-order valence-corrected chi connectivity index (χ0v) is 14.8. The third-order valence-electron chi connectivity index (χ3n) is 3.26. The van der Waals surface area contributed by atoms with E-state index in [1.165, 1.54) is 5.56 Å². The molecule has 0 aromatic carbocycles. The van der Waals surface area contributed by atoms with Gasteiger partial charge in [0, 0.05) is 45.2 Å². The number of carbonyl (C=O) groups excluding carboxylic acids is 1. The Morgan fingerprint density at radius 2 is 1.96 bits per heavy atom. The van der Waals surface area contributed by atoms with Gasteiger partial charge in [-0.3, -0.25) is 4.98 Å². The Kier molecular flexibility index (Phi) is 7.98. The molecule has 1 unspecified atom stereocenters. The molecule has 1 aromatic rings. The van der Waals surface area contributed by atoms with Crippen LogP contribution in [0.3, 0.4) is 0 Å². The summed E-state index contributed by atoms with van der Waals surface area (Å²) in [6, 6.07) is 4.16. The van der Waals surface area contributed by atoms with Crippen molar-refractivity contribution in [2.45, 2.75) is 39.3 Å². The van der Waals surface area contributed by atoms with Gasteiger partial charge < -0.3 is 19.7 Å². The van der Waals surface area contributed by atoms with Gasteiger partial charge in [0.2, 0.25) is 0 Å². The van der Waals surface area contributed by atoms with E-state index in [2.05, 4.69) is 17.2 Å². The molecule has 6 heteroatoms. The van der Waals surface area contributed by atoms with Crippen LogP contribution < -0.4 is 5.32 Å². The Labute approximate surface area is 139 Å². The maximum Gasteiger partial charge on any atom is 0.410 e. The van der Waals surface area contributed by atoms with Gasteiger partial charge in [-0.2, -0.15) is 0 Å². The van der Waals surface area contributed by atoms with E-state index < -0.39 is 5.60 Å². The van der Waals surface area contributed by atoms with Crippen molar-refractivity contribution in [1.29, 1.82) is 0 Å². The van der Waals surface area contributed by atoms with Crippen molar-refractivity contribution in [3.63, 3.8) is 0 Å². The number of pyridine rings is 1. The second kappa shape index (κ2) is 9.47. The molecule has 1 amide bonds.